The molecule has 0 aliphatic rings. The number of ether oxygens (including phenoxy) is 1. The van der Waals surface area contributed by atoms with Crippen LogP contribution in [0.2, 0.25) is 5.02 Å². The van der Waals surface area contributed by atoms with Gasteiger partial charge in [0, 0.05) is 10.6 Å². The normalized spacial score (nSPS) is 11.8. The molecule has 0 aliphatic heterocycles. The predicted octanol–water partition coefficient (Wildman–Crippen LogP) is 4.20. The molecule has 0 aliphatic carbocycles. The molecule has 0 saturated carbocycles. The minimum absolute atomic E-state index is 0.0449. The molecule has 5 nitrogen and oxygen atoms in total. The van der Waals surface area contributed by atoms with Gasteiger partial charge < -0.3 is 9.30 Å². The van der Waals surface area contributed by atoms with Crippen molar-refractivity contribution in [2.45, 2.75) is 27.3 Å². The summed E-state index contributed by atoms with van der Waals surface area (Å²) in [5.41, 5.74) is 4.26. The van der Waals surface area contributed by atoms with Crippen LogP contribution >= 0.6 is 22.9 Å². The molecule has 0 saturated heterocycles. The number of esters is 1. The summed E-state index contributed by atoms with van der Waals surface area (Å²) in [7, 11) is 1.33. The smallest absolute Gasteiger partial charge is 0.325 e. The Morgan fingerprint density at radius 2 is 1.89 bits per heavy atom. The zero-order chi connectivity index (χ0) is 19.7. The molecular formula is C20H19ClN2O3S. The highest BCUT2D eigenvalue weighted by molar-refractivity contribution is 7.16. The van der Waals surface area contributed by atoms with Crippen molar-refractivity contribution in [2.24, 2.45) is 4.99 Å². The molecule has 140 valence electrons. The molecule has 2 aromatic carbocycles. The van der Waals surface area contributed by atoms with Gasteiger partial charge in [0.15, 0.2) is 4.80 Å². The van der Waals surface area contributed by atoms with Gasteiger partial charge in [-0.1, -0.05) is 29.0 Å². The van der Waals surface area contributed by atoms with Crippen molar-refractivity contribution in [3.8, 4) is 0 Å². The van der Waals surface area contributed by atoms with Crippen LogP contribution in [0.15, 0.2) is 35.3 Å². The van der Waals surface area contributed by atoms with E-state index in [0.717, 1.165) is 26.9 Å². The Morgan fingerprint density at radius 1 is 1.15 bits per heavy atom. The van der Waals surface area contributed by atoms with Crippen molar-refractivity contribution in [2.75, 3.05) is 7.11 Å². The summed E-state index contributed by atoms with van der Waals surface area (Å²) in [5.74, 6) is -0.777. The maximum absolute atomic E-state index is 12.7. The van der Waals surface area contributed by atoms with E-state index in [-0.39, 0.29) is 12.5 Å². The van der Waals surface area contributed by atoms with Crippen LogP contribution in [-0.4, -0.2) is 23.6 Å². The van der Waals surface area contributed by atoms with E-state index in [1.54, 1.807) is 16.7 Å². The minimum Gasteiger partial charge on any atom is -0.468 e. The van der Waals surface area contributed by atoms with Gasteiger partial charge in [0.25, 0.3) is 5.91 Å². The first-order chi connectivity index (χ1) is 12.8. The molecule has 0 bridgehead atoms. The number of hydrogen-bond acceptors (Lipinski definition) is 4. The van der Waals surface area contributed by atoms with Gasteiger partial charge >= 0.3 is 5.97 Å². The number of methoxy groups -OCH3 is 1. The van der Waals surface area contributed by atoms with Crippen molar-refractivity contribution >= 4 is 45.0 Å². The van der Waals surface area contributed by atoms with Crippen LogP contribution in [0.3, 0.4) is 0 Å². The molecule has 3 rings (SSSR count). The average molecular weight is 403 g/mol. The molecule has 0 radical (unpaired) electrons. The lowest BCUT2D eigenvalue weighted by Crippen LogP contribution is -2.22. The lowest BCUT2D eigenvalue weighted by atomic mass is 10.1. The summed E-state index contributed by atoms with van der Waals surface area (Å²) < 4.78 is 7.38. The molecule has 1 amide bonds. The molecular weight excluding hydrogens is 384 g/mol. The summed E-state index contributed by atoms with van der Waals surface area (Å²) in [6, 6.07) is 9.14. The minimum atomic E-state index is -0.422. The number of fused-ring (bicyclic) bond motifs is 1. The fourth-order valence-electron chi connectivity index (χ4n) is 2.77. The number of thiazole rings is 1. The van der Waals surface area contributed by atoms with Crippen LogP contribution in [0.4, 0.5) is 0 Å². The third-order valence-electron chi connectivity index (χ3n) is 4.50. The predicted molar refractivity (Wildman–Crippen MR) is 107 cm³/mol. The van der Waals surface area contributed by atoms with Gasteiger partial charge in [0.05, 0.1) is 17.3 Å². The molecule has 27 heavy (non-hydrogen) atoms. The van der Waals surface area contributed by atoms with Crippen LogP contribution in [0.25, 0.3) is 10.2 Å². The summed E-state index contributed by atoms with van der Waals surface area (Å²) in [4.78, 5) is 29.3. The van der Waals surface area contributed by atoms with Gasteiger partial charge in [0.1, 0.15) is 6.54 Å². The number of halogens is 1. The van der Waals surface area contributed by atoms with Crippen LogP contribution in [0, 0.1) is 20.8 Å². The quantitative estimate of drug-likeness (QED) is 0.617. The summed E-state index contributed by atoms with van der Waals surface area (Å²) in [6.45, 7) is 5.77. The van der Waals surface area contributed by atoms with Gasteiger partial charge in [-0.15, -0.1) is 0 Å². The second-order valence-electron chi connectivity index (χ2n) is 6.28. The topological polar surface area (TPSA) is 60.7 Å². The molecule has 7 heteroatoms. The number of benzene rings is 2. The van der Waals surface area contributed by atoms with Crippen molar-refractivity contribution in [3.63, 3.8) is 0 Å². The number of rotatable bonds is 3. The molecule has 0 atom stereocenters. The number of hydrogen-bond donors (Lipinski definition) is 0. The van der Waals surface area contributed by atoms with Crippen molar-refractivity contribution in [1.82, 2.24) is 4.57 Å². The van der Waals surface area contributed by atoms with Gasteiger partial charge in [-0.3, -0.25) is 9.59 Å². The van der Waals surface area contributed by atoms with E-state index in [0.29, 0.717) is 15.4 Å². The van der Waals surface area contributed by atoms with E-state index in [9.17, 15) is 9.59 Å². The van der Waals surface area contributed by atoms with Gasteiger partial charge in [-0.25, -0.2) is 0 Å². The van der Waals surface area contributed by atoms with Crippen LogP contribution < -0.4 is 4.80 Å². The lowest BCUT2D eigenvalue weighted by Gasteiger charge is -2.07. The van der Waals surface area contributed by atoms with Gasteiger partial charge in [0.2, 0.25) is 0 Å². The molecule has 0 N–H and O–H groups in total. The Morgan fingerprint density at radius 3 is 2.56 bits per heavy atom. The molecule has 1 heterocycles. The van der Waals surface area contributed by atoms with E-state index in [1.807, 2.05) is 39.0 Å². The van der Waals surface area contributed by atoms with Crippen LogP contribution in [0.1, 0.15) is 27.0 Å². The SMILES string of the molecule is COC(=O)Cn1c(=NC(=O)c2ccc(C)c(C)c2)sc2ccc(Cl)c(C)c21. The Hall–Kier alpha value is -2.44. The van der Waals surface area contributed by atoms with Crippen LogP contribution in [0.5, 0.6) is 0 Å². The number of aryl methyl sites for hydroxylation is 3. The van der Waals surface area contributed by atoms with Gasteiger partial charge in [-0.2, -0.15) is 4.99 Å². The Labute approximate surface area is 165 Å². The second kappa shape index (κ2) is 7.66. The van der Waals surface area contributed by atoms with E-state index < -0.39 is 5.97 Å². The van der Waals surface area contributed by atoms with E-state index in [1.165, 1.54) is 18.4 Å². The molecule has 0 spiro atoms. The maximum Gasteiger partial charge on any atom is 0.325 e. The Bertz CT molecular complexity index is 1130. The third kappa shape index (κ3) is 3.82. The van der Waals surface area contributed by atoms with Crippen molar-refractivity contribution in [1.29, 1.82) is 0 Å². The average Bonchev–Trinajstić information content (AvgIpc) is 2.98. The number of amides is 1. The number of carbonyl (C=O) groups is 2. The van der Waals surface area contributed by atoms with Crippen molar-refractivity contribution in [3.05, 3.63) is 62.4 Å². The monoisotopic (exact) mass is 402 g/mol. The molecule has 0 unspecified atom stereocenters. The standard InChI is InChI=1S/C20H19ClN2O3S/c1-11-5-6-14(9-12(11)2)19(25)22-20-23(10-17(24)26-4)18-13(3)15(21)7-8-16(18)27-20/h5-9H,10H2,1-4H3. The highest BCUT2D eigenvalue weighted by atomic mass is 35.5. The Kier molecular flexibility index (Phi) is 5.48. The molecule has 1 aromatic heterocycles. The summed E-state index contributed by atoms with van der Waals surface area (Å²) in [6.07, 6.45) is 0. The molecule has 3 aromatic rings. The molecule has 0 fully saturated rings. The second-order valence-corrected chi connectivity index (χ2v) is 7.70. The van der Waals surface area contributed by atoms with E-state index in [2.05, 4.69) is 4.99 Å². The Balaban J connectivity index is 2.20. The number of aromatic nitrogens is 1. The number of nitrogens with zero attached hydrogens (tertiary/aromatic N) is 2. The highest BCUT2D eigenvalue weighted by Crippen LogP contribution is 2.27. The zero-order valence-corrected chi connectivity index (χ0v) is 17.1. The summed E-state index contributed by atoms with van der Waals surface area (Å²) >= 11 is 7.59. The van der Waals surface area contributed by atoms with E-state index in [4.69, 9.17) is 16.3 Å². The largest absolute Gasteiger partial charge is 0.468 e. The maximum atomic E-state index is 12.7. The fourth-order valence-corrected chi connectivity index (χ4v) is 4.01. The van der Waals surface area contributed by atoms with Crippen LogP contribution in [-0.2, 0) is 16.1 Å². The first-order valence-electron chi connectivity index (χ1n) is 8.33. The third-order valence-corrected chi connectivity index (χ3v) is 5.95. The highest BCUT2D eigenvalue weighted by Gasteiger charge is 2.15. The zero-order valence-electron chi connectivity index (χ0n) is 15.5. The lowest BCUT2D eigenvalue weighted by molar-refractivity contribution is -0.141. The first-order valence-corrected chi connectivity index (χ1v) is 9.53. The number of carbonyl (C=O) groups excluding carboxylic acids is 2. The summed E-state index contributed by atoms with van der Waals surface area (Å²) in [5, 5.41) is 0.589. The van der Waals surface area contributed by atoms with E-state index >= 15 is 0 Å². The first kappa shape index (κ1) is 19.3. The van der Waals surface area contributed by atoms with Crippen molar-refractivity contribution < 1.29 is 14.3 Å². The fraction of sp³-hybridized carbons (Fsp3) is 0.250. The van der Waals surface area contributed by atoms with Gasteiger partial charge in [-0.05, 0) is 61.7 Å².